The second kappa shape index (κ2) is 4.48. The first-order chi connectivity index (χ1) is 8.43. The number of carbonyl (C=O) groups excluding carboxylic acids is 1. The summed E-state index contributed by atoms with van der Waals surface area (Å²) in [5, 5.41) is 0. The van der Waals surface area contributed by atoms with Crippen molar-refractivity contribution in [3.8, 4) is 5.75 Å². The lowest BCUT2D eigenvalue weighted by molar-refractivity contribution is -0.141. The summed E-state index contributed by atoms with van der Waals surface area (Å²) in [5.41, 5.74) is 1.67. The molecular weight excluding hydrogens is 228 g/mol. The largest absolute Gasteiger partial charge is 0.483 e. The van der Waals surface area contributed by atoms with Crippen LogP contribution in [0.1, 0.15) is 37.8 Å². The van der Waals surface area contributed by atoms with Crippen LogP contribution in [0.2, 0.25) is 0 Å². The molecule has 1 heterocycles. The number of hydrogen-bond donors (Lipinski definition) is 0. The number of ether oxygens (including phenoxy) is 2. The van der Waals surface area contributed by atoms with Crippen molar-refractivity contribution in [1.82, 2.24) is 0 Å². The Morgan fingerprint density at radius 2 is 2.11 bits per heavy atom. The maximum Gasteiger partial charge on any atom is 0.312 e. The number of methoxy groups -OCH3 is 1. The predicted molar refractivity (Wildman–Crippen MR) is 70.6 cm³/mol. The van der Waals surface area contributed by atoms with E-state index in [0.717, 1.165) is 16.9 Å². The first-order valence-electron chi connectivity index (χ1n) is 6.03. The number of rotatable bonds is 2. The average Bonchev–Trinajstić information content (AvgIpc) is 2.35. The van der Waals surface area contributed by atoms with Crippen LogP contribution in [0.5, 0.6) is 5.75 Å². The van der Waals surface area contributed by atoms with Gasteiger partial charge < -0.3 is 9.47 Å². The van der Waals surface area contributed by atoms with Gasteiger partial charge in [-0.1, -0.05) is 12.1 Å². The fourth-order valence-corrected chi connectivity index (χ4v) is 1.98. The summed E-state index contributed by atoms with van der Waals surface area (Å²) in [6.07, 6.45) is 4.05. The molecule has 0 spiro atoms. The molecule has 1 aliphatic rings. The van der Waals surface area contributed by atoms with Gasteiger partial charge in [0.1, 0.15) is 11.4 Å². The number of fused-ring (bicyclic) bond motifs is 1. The number of carbonyl (C=O) groups is 1. The van der Waals surface area contributed by atoms with Crippen LogP contribution >= 0.6 is 0 Å². The highest BCUT2D eigenvalue weighted by molar-refractivity contribution is 5.78. The van der Waals surface area contributed by atoms with E-state index in [9.17, 15) is 4.79 Å². The summed E-state index contributed by atoms with van der Waals surface area (Å²) in [4.78, 5) is 11.5. The van der Waals surface area contributed by atoms with Crippen molar-refractivity contribution in [3.05, 3.63) is 35.4 Å². The molecule has 18 heavy (non-hydrogen) atoms. The molecule has 1 aliphatic heterocycles. The van der Waals surface area contributed by atoms with Crippen LogP contribution in [0.4, 0.5) is 0 Å². The second-order valence-electron chi connectivity index (χ2n) is 5.08. The molecule has 0 N–H and O–H groups in total. The van der Waals surface area contributed by atoms with E-state index in [0.29, 0.717) is 0 Å². The van der Waals surface area contributed by atoms with E-state index in [2.05, 4.69) is 0 Å². The standard InChI is InChI=1S/C15H18O3/c1-10(14(16)17-4)11-5-6-13-12(9-11)7-8-15(2,3)18-13/h5-10H,1-4H3. The van der Waals surface area contributed by atoms with Crippen LogP contribution in [-0.2, 0) is 9.53 Å². The van der Waals surface area contributed by atoms with Crippen molar-refractivity contribution in [3.63, 3.8) is 0 Å². The molecule has 0 saturated heterocycles. The minimum absolute atomic E-state index is 0.226. The van der Waals surface area contributed by atoms with Gasteiger partial charge in [-0.25, -0.2) is 0 Å². The number of hydrogen-bond acceptors (Lipinski definition) is 3. The molecule has 0 aliphatic carbocycles. The molecular formula is C15H18O3. The average molecular weight is 246 g/mol. The first kappa shape index (κ1) is 12.7. The van der Waals surface area contributed by atoms with Gasteiger partial charge in [0.25, 0.3) is 0 Å². The Morgan fingerprint density at radius 3 is 2.78 bits per heavy atom. The third-order valence-corrected chi connectivity index (χ3v) is 3.13. The van der Waals surface area contributed by atoms with Crippen LogP contribution < -0.4 is 4.74 Å². The van der Waals surface area contributed by atoms with Crippen LogP contribution in [-0.4, -0.2) is 18.7 Å². The van der Waals surface area contributed by atoms with Gasteiger partial charge in [0.15, 0.2) is 0 Å². The molecule has 2 rings (SSSR count). The predicted octanol–water partition coefficient (Wildman–Crippen LogP) is 3.15. The normalized spacial score (nSPS) is 17.6. The van der Waals surface area contributed by atoms with E-state index in [-0.39, 0.29) is 17.5 Å². The molecule has 1 unspecified atom stereocenters. The molecule has 0 saturated carbocycles. The quantitative estimate of drug-likeness (QED) is 0.752. The summed E-state index contributed by atoms with van der Waals surface area (Å²) in [6, 6.07) is 5.80. The van der Waals surface area contributed by atoms with Crippen LogP contribution in [0.15, 0.2) is 24.3 Å². The van der Waals surface area contributed by atoms with Gasteiger partial charge >= 0.3 is 5.97 Å². The SMILES string of the molecule is COC(=O)C(C)c1ccc2c(c1)C=CC(C)(C)O2. The highest BCUT2D eigenvalue weighted by Gasteiger charge is 2.23. The van der Waals surface area contributed by atoms with Crippen LogP contribution in [0, 0.1) is 0 Å². The Morgan fingerprint density at radius 1 is 1.39 bits per heavy atom. The zero-order valence-corrected chi connectivity index (χ0v) is 11.2. The number of esters is 1. The van der Waals surface area contributed by atoms with E-state index < -0.39 is 0 Å². The maximum atomic E-state index is 11.5. The van der Waals surface area contributed by atoms with Gasteiger partial charge in [-0.2, -0.15) is 0 Å². The minimum Gasteiger partial charge on any atom is -0.483 e. The van der Waals surface area contributed by atoms with Gasteiger partial charge in [-0.3, -0.25) is 4.79 Å². The molecule has 3 nitrogen and oxygen atoms in total. The van der Waals surface area contributed by atoms with Crippen LogP contribution in [0.25, 0.3) is 6.08 Å². The summed E-state index contributed by atoms with van der Waals surface area (Å²) >= 11 is 0. The zero-order valence-electron chi connectivity index (χ0n) is 11.2. The highest BCUT2D eigenvalue weighted by atomic mass is 16.5. The fraction of sp³-hybridized carbons (Fsp3) is 0.400. The molecule has 1 atom stereocenters. The Bertz CT molecular complexity index is 500. The molecule has 0 fully saturated rings. The summed E-state index contributed by atoms with van der Waals surface area (Å²) in [5.74, 6) is 0.364. The number of benzene rings is 1. The van der Waals surface area contributed by atoms with E-state index in [1.165, 1.54) is 7.11 Å². The van der Waals surface area contributed by atoms with Crippen molar-refractivity contribution in [2.45, 2.75) is 32.3 Å². The summed E-state index contributed by atoms with van der Waals surface area (Å²) in [7, 11) is 1.41. The van der Waals surface area contributed by atoms with Crippen molar-refractivity contribution in [2.75, 3.05) is 7.11 Å². The Kier molecular flexibility index (Phi) is 3.16. The Labute approximate surface area is 107 Å². The van der Waals surface area contributed by atoms with Gasteiger partial charge in [0.05, 0.1) is 13.0 Å². The van der Waals surface area contributed by atoms with E-state index in [1.807, 2.05) is 51.1 Å². The van der Waals surface area contributed by atoms with Crippen molar-refractivity contribution in [2.24, 2.45) is 0 Å². The summed E-state index contributed by atoms with van der Waals surface area (Å²) < 4.78 is 10.6. The molecule has 0 amide bonds. The Balaban J connectivity index is 2.32. The zero-order chi connectivity index (χ0) is 13.3. The lowest BCUT2D eigenvalue weighted by atomic mass is 9.96. The van der Waals surface area contributed by atoms with E-state index in [4.69, 9.17) is 9.47 Å². The third kappa shape index (κ3) is 2.40. The Hall–Kier alpha value is -1.77. The second-order valence-corrected chi connectivity index (χ2v) is 5.08. The van der Waals surface area contributed by atoms with Gasteiger partial charge in [-0.05, 0) is 44.5 Å². The third-order valence-electron chi connectivity index (χ3n) is 3.13. The topological polar surface area (TPSA) is 35.5 Å². The summed E-state index contributed by atoms with van der Waals surface area (Å²) in [6.45, 7) is 5.86. The first-order valence-corrected chi connectivity index (χ1v) is 6.03. The fourth-order valence-electron chi connectivity index (χ4n) is 1.98. The molecule has 0 bridgehead atoms. The molecule has 3 heteroatoms. The van der Waals surface area contributed by atoms with Crippen molar-refractivity contribution < 1.29 is 14.3 Å². The van der Waals surface area contributed by atoms with Crippen molar-refractivity contribution >= 4 is 12.0 Å². The molecule has 0 aromatic heterocycles. The smallest absolute Gasteiger partial charge is 0.312 e. The van der Waals surface area contributed by atoms with E-state index in [1.54, 1.807) is 0 Å². The molecule has 1 aromatic carbocycles. The maximum absolute atomic E-state index is 11.5. The van der Waals surface area contributed by atoms with E-state index >= 15 is 0 Å². The van der Waals surface area contributed by atoms with Crippen LogP contribution in [0.3, 0.4) is 0 Å². The molecule has 0 radical (unpaired) electrons. The lowest BCUT2D eigenvalue weighted by Crippen LogP contribution is -2.27. The molecule has 1 aromatic rings. The lowest BCUT2D eigenvalue weighted by Gasteiger charge is -2.28. The highest BCUT2D eigenvalue weighted by Crippen LogP contribution is 2.33. The van der Waals surface area contributed by atoms with Gasteiger partial charge in [0.2, 0.25) is 0 Å². The van der Waals surface area contributed by atoms with Gasteiger partial charge in [-0.15, -0.1) is 0 Å². The molecule has 96 valence electrons. The minimum atomic E-state index is -0.275. The monoisotopic (exact) mass is 246 g/mol. The van der Waals surface area contributed by atoms with Crippen molar-refractivity contribution in [1.29, 1.82) is 0 Å². The van der Waals surface area contributed by atoms with Gasteiger partial charge in [0, 0.05) is 5.56 Å².